The number of rotatable bonds is 6. The maximum Gasteiger partial charge on any atom is 0.247 e. The molecule has 1 fully saturated rings. The van der Waals surface area contributed by atoms with Crippen molar-refractivity contribution in [2.75, 3.05) is 5.32 Å². The number of fused-ring (bicyclic) bond motifs is 1. The topological polar surface area (TPSA) is 60.0 Å². The Labute approximate surface area is 186 Å². The van der Waals surface area contributed by atoms with Crippen LogP contribution in [-0.2, 0) is 6.54 Å². The number of imidazole rings is 1. The first-order chi connectivity index (χ1) is 15.7. The minimum absolute atomic E-state index is 0.586. The van der Waals surface area contributed by atoms with Gasteiger partial charge < -0.3 is 9.88 Å². The van der Waals surface area contributed by atoms with E-state index in [4.69, 9.17) is 4.98 Å². The second-order valence-corrected chi connectivity index (χ2v) is 8.62. The average Bonchev–Trinajstić information content (AvgIpc) is 3.16. The van der Waals surface area contributed by atoms with Crippen LogP contribution in [0.15, 0.2) is 85.6 Å². The second kappa shape index (κ2) is 7.64. The third-order valence-corrected chi connectivity index (χ3v) is 6.26. The highest BCUT2D eigenvalue weighted by Gasteiger charge is 2.33. The van der Waals surface area contributed by atoms with E-state index in [9.17, 15) is 0 Å². The minimum atomic E-state index is 0.586. The molecule has 3 aromatic heterocycles. The predicted octanol–water partition coefficient (Wildman–Crippen LogP) is 5.51. The van der Waals surface area contributed by atoms with Crippen LogP contribution in [0, 0.1) is 5.92 Å². The largest absolute Gasteiger partial charge is 0.333 e. The second-order valence-electron chi connectivity index (χ2n) is 8.62. The number of hydrogen-bond acceptors (Lipinski definition) is 4. The normalized spacial score (nSPS) is 17.5. The van der Waals surface area contributed by atoms with Crippen molar-refractivity contribution in [2.45, 2.75) is 25.8 Å². The molecule has 3 heterocycles. The van der Waals surface area contributed by atoms with E-state index in [2.05, 4.69) is 76.9 Å². The quantitative estimate of drug-likeness (QED) is 0.394. The summed E-state index contributed by atoms with van der Waals surface area (Å²) >= 11 is 0. The van der Waals surface area contributed by atoms with Gasteiger partial charge in [0.1, 0.15) is 0 Å². The first-order valence-electron chi connectivity index (χ1n) is 11.0. The Hall–Kier alpha value is -3.93. The molecule has 0 amide bonds. The van der Waals surface area contributed by atoms with Crippen molar-refractivity contribution in [1.29, 1.82) is 0 Å². The third-order valence-electron chi connectivity index (χ3n) is 6.26. The molecule has 0 aliphatic heterocycles. The zero-order valence-corrected chi connectivity index (χ0v) is 17.9. The number of nitrogens with one attached hydrogen (secondary N) is 1. The fourth-order valence-corrected chi connectivity index (χ4v) is 4.29. The Balaban J connectivity index is 1.23. The number of pyridine rings is 1. The number of hydrogen-bond donors (Lipinski definition) is 1. The molecule has 2 atom stereocenters. The van der Waals surface area contributed by atoms with Crippen molar-refractivity contribution in [3.63, 3.8) is 0 Å². The molecule has 0 bridgehead atoms. The average molecular weight is 421 g/mol. The third kappa shape index (κ3) is 3.64. The van der Waals surface area contributed by atoms with Gasteiger partial charge in [-0.3, -0.25) is 0 Å². The molecule has 1 aliphatic rings. The molecule has 0 saturated heterocycles. The zero-order chi connectivity index (χ0) is 21.5. The van der Waals surface area contributed by atoms with Crippen molar-refractivity contribution < 1.29 is 0 Å². The number of benzene rings is 2. The van der Waals surface area contributed by atoms with Gasteiger partial charge in [0.2, 0.25) is 5.95 Å². The van der Waals surface area contributed by atoms with Gasteiger partial charge in [-0.1, -0.05) is 43.3 Å². The molecule has 6 nitrogen and oxygen atoms in total. The van der Waals surface area contributed by atoms with Gasteiger partial charge in [-0.15, -0.1) is 5.10 Å². The summed E-state index contributed by atoms with van der Waals surface area (Å²) in [6.07, 6.45) is 8.82. The van der Waals surface area contributed by atoms with E-state index < -0.39 is 0 Å². The molecular formula is C26H24N6. The molecule has 6 heteroatoms. The summed E-state index contributed by atoms with van der Waals surface area (Å²) in [6, 6.07) is 21.4. The highest BCUT2D eigenvalue weighted by Crippen LogP contribution is 2.47. The van der Waals surface area contributed by atoms with Gasteiger partial charge in [-0.2, -0.15) is 4.98 Å². The van der Waals surface area contributed by atoms with Crippen LogP contribution in [-0.4, -0.2) is 24.1 Å². The molecule has 1 aliphatic carbocycles. The summed E-state index contributed by atoms with van der Waals surface area (Å²) in [4.78, 5) is 8.87. The number of anilines is 2. The molecule has 158 valence electrons. The van der Waals surface area contributed by atoms with Gasteiger partial charge in [0.25, 0.3) is 0 Å². The molecule has 0 radical (unpaired) electrons. The maximum absolute atomic E-state index is 4.78. The summed E-state index contributed by atoms with van der Waals surface area (Å²) in [5.74, 6) is 2.13. The van der Waals surface area contributed by atoms with Crippen LogP contribution in [0.2, 0.25) is 0 Å². The van der Waals surface area contributed by atoms with Gasteiger partial charge in [0.05, 0.1) is 6.33 Å². The van der Waals surface area contributed by atoms with Crippen molar-refractivity contribution in [1.82, 2.24) is 24.1 Å². The van der Waals surface area contributed by atoms with Crippen LogP contribution in [0.3, 0.4) is 0 Å². The Kier molecular flexibility index (Phi) is 4.49. The lowest BCUT2D eigenvalue weighted by Crippen LogP contribution is -1.97. The molecular weight excluding hydrogens is 396 g/mol. The summed E-state index contributed by atoms with van der Waals surface area (Å²) in [5, 5.41) is 7.96. The van der Waals surface area contributed by atoms with Crippen LogP contribution < -0.4 is 5.32 Å². The van der Waals surface area contributed by atoms with Crippen LogP contribution in [0.1, 0.15) is 30.4 Å². The minimum Gasteiger partial charge on any atom is -0.333 e. The van der Waals surface area contributed by atoms with Crippen molar-refractivity contribution in [3.8, 4) is 11.1 Å². The lowest BCUT2D eigenvalue weighted by atomic mass is 10.0. The molecule has 6 rings (SSSR count). The highest BCUT2D eigenvalue weighted by molar-refractivity contribution is 5.78. The molecule has 2 aromatic carbocycles. The fourth-order valence-electron chi connectivity index (χ4n) is 4.29. The number of nitrogens with zero attached hydrogens (tertiary/aromatic N) is 5. The van der Waals surface area contributed by atoms with Gasteiger partial charge in [-0.05, 0) is 59.2 Å². The van der Waals surface area contributed by atoms with E-state index >= 15 is 0 Å². The first-order valence-corrected chi connectivity index (χ1v) is 11.0. The van der Waals surface area contributed by atoms with Gasteiger partial charge in [0.15, 0.2) is 5.65 Å². The first kappa shape index (κ1) is 18.8. The van der Waals surface area contributed by atoms with E-state index in [-0.39, 0.29) is 0 Å². The highest BCUT2D eigenvalue weighted by atomic mass is 15.3. The van der Waals surface area contributed by atoms with Crippen LogP contribution in [0.4, 0.5) is 11.6 Å². The van der Waals surface area contributed by atoms with Crippen molar-refractivity contribution in [2.24, 2.45) is 5.92 Å². The van der Waals surface area contributed by atoms with E-state index in [0.29, 0.717) is 5.95 Å². The molecule has 5 aromatic rings. The van der Waals surface area contributed by atoms with E-state index in [1.807, 2.05) is 33.9 Å². The number of aromatic nitrogens is 5. The van der Waals surface area contributed by atoms with Gasteiger partial charge in [-0.25, -0.2) is 9.50 Å². The Morgan fingerprint density at radius 3 is 2.53 bits per heavy atom. The Morgan fingerprint density at radius 2 is 1.81 bits per heavy atom. The lowest BCUT2D eigenvalue weighted by molar-refractivity contribution is 0.797. The smallest absolute Gasteiger partial charge is 0.247 e. The summed E-state index contributed by atoms with van der Waals surface area (Å²) in [6.45, 7) is 3.12. The SMILES string of the molecule is CC1CC1c1ccc(-c2cccn3nc(Nc4ccc(Cn5ccnc5)cc4)nc23)cc1. The van der Waals surface area contributed by atoms with E-state index in [0.717, 1.165) is 40.8 Å². The van der Waals surface area contributed by atoms with Crippen molar-refractivity contribution in [3.05, 3.63) is 96.7 Å². The molecule has 32 heavy (non-hydrogen) atoms. The summed E-state index contributed by atoms with van der Waals surface area (Å²) < 4.78 is 3.88. The molecule has 1 saturated carbocycles. The van der Waals surface area contributed by atoms with Crippen LogP contribution >= 0.6 is 0 Å². The van der Waals surface area contributed by atoms with E-state index in [1.165, 1.54) is 17.5 Å². The zero-order valence-electron chi connectivity index (χ0n) is 17.9. The van der Waals surface area contributed by atoms with Crippen LogP contribution in [0.5, 0.6) is 0 Å². The van der Waals surface area contributed by atoms with Gasteiger partial charge in [0, 0.05) is 36.4 Å². The van der Waals surface area contributed by atoms with Gasteiger partial charge >= 0.3 is 0 Å². The van der Waals surface area contributed by atoms with Crippen LogP contribution in [0.25, 0.3) is 16.8 Å². The maximum atomic E-state index is 4.78. The molecule has 1 N–H and O–H groups in total. The standard InChI is InChI=1S/C26H24N6/c1-18-15-24(18)21-8-6-20(7-9-21)23-3-2-13-32-25(23)29-26(30-32)28-22-10-4-19(5-11-22)16-31-14-12-27-17-31/h2-14,17-18,24H,15-16H2,1H3,(H,28,30). The summed E-state index contributed by atoms with van der Waals surface area (Å²) in [5.41, 5.74) is 6.70. The monoisotopic (exact) mass is 420 g/mol. The Bertz CT molecular complexity index is 1350. The van der Waals surface area contributed by atoms with E-state index in [1.54, 1.807) is 6.20 Å². The molecule has 2 unspecified atom stereocenters. The van der Waals surface area contributed by atoms with Crippen molar-refractivity contribution >= 4 is 17.3 Å². The predicted molar refractivity (Wildman–Crippen MR) is 126 cm³/mol. The Morgan fingerprint density at radius 1 is 1.00 bits per heavy atom. The lowest BCUT2D eigenvalue weighted by Gasteiger charge is -2.05. The summed E-state index contributed by atoms with van der Waals surface area (Å²) in [7, 11) is 0. The molecule has 0 spiro atoms. The fraction of sp³-hybridized carbons (Fsp3) is 0.192.